The zero-order chi connectivity index (χ0) is 84.3. The predicted molar refractivity (Wildman–Crippen MR) is 509 cm³/mol. The molecule has 0 unspecified atom stereocenters. The molecule has 624 valence electrons. The van der Waals surface area contributed by atoms with Gasteiger partial charge in [-0.3, -0.25) is 45.3 Å². The van der Waals surface area contributed by atoms with E-state index in [2.05, 4.69) is 42.9 Å². The van der Waals surface area contributed by atoms with Gasteiger partial charge in [-0.25, -0.2) is 24.9 Å². The molecule has 6 aromatic carbocycles. The molecule has 0 saturated carbocycles. The molecule has 39 heteroatoms. The number of non-ortho nitro benzene ring substituents is 4. The van der Waals surface area contributed by atoms with Crippen molar-refractivity contribution in [2.24, 2.45) is 17.2 Å². The molecule has 10 N–H and O–H groups in total. The average molecular weight is 1960 g/mol. The number of thiocarbonyl (C=S) groups is 2. The third kappa shape index (κ3) is 27.5. The number of carbonyl (C=O) groups excluding carboxylic acids is 1. The molecule has 15 rings (SSSR count). The van der Waals surface area contributed by atoms with Gasteiger partial charge < -0.3 is 43.0 Å². The van der Waals surface area contributed by atoms with Gasteiger partial charge in [0.15, 0.2) is 21.1 Å². The fourth-order valence-corrected chi connectivity index (χ4v) is 19.5. The molecule has 0 aliphatic carbocycles. The number of nitrogens with two attached hydrogens (primary N) is 3. The summed E-state index contributed by atoms with van der Waals surface area (Å²) in [5.74, 6) is 0.661. The van der Waals surface area contributed by atoms with Gasteiger partial charge in [-0.2, -0.15) is 0 Å². The number of ketones is 1. The number of Topliss-reactive ketones (excluding diaryl/α,β-unsaturated/α-hetero) is 1. The summed E-state index contributed by atoms with van der Waals surface area (Å²) in [5, 5.41) is 85.9. The van der Waals surface area contributed by atoms with Crippen LogP contribution in [0.5, 0.6) is 5.75 Å². The van der Waals surface area contributed by atoms with Gasteiger partial charge in [0, 0.05) is 81.0 Å². The number of thiophene rings is 4. The number of anilines is 1. The van der Waals surface area contributed by atoms with Crippen LogP contribution < -0.4 is 37.9 Å². The van der Waals surface area contributed by atoms with Gasteiger partial charge >= 0.3 is 0 Å². The second-order valence-electron chi connectivity index (χ2n) is 25.3. The van der Waals surface area contributed by atoms with Crippen LogP contribution in [0.1, 0.15) is 92.5 Å². The van der Waals surface area contributed by atoms with Crippen molar-refractivity contribution in [2.45, 2.75) is 63.9 Å². The van der Waals surface area contributed by atoms with Gasteiger partial charge in [0.2, 0.25) is 0 Å². The molecule has 0 amide bonds. The van der Waals surface area contributed by atoms with Gasteiger partial charge in [0.25, 0.3) is 22.7 Å². The van der Waals surface area contributed by atoms with E-state index in [4.69, 9.17) is 66.3 Å². The smallest absolute Gasteiger partial charge is 0.269 e. The van der Waals surface area contributed by atoms with Crippen LogP contribution in [0, 0.1) is 40.5 Å². The third-order valence-corrected chi connectivity index (χ3v) is 26.4. The van der Waals surface area contributed by atoms with E-state index in [1.165, 1.54) is 59.9 Å². The average Bonchev–Trinajstić information content (AvgIpc) is 1.69. The van der Waals surface area contributed by atoms with Crippen LogP contribution in [-0.2, 0) is 32.3 Å². The van der Waals surface area contributed by atoms with E-state index in [-0.39, 0.29) is 93.9 Å². The third-order valence-electron chi connectivity index (χ3n) is 17.3. The molecule has 0 radical (unpaired) electrons. The largest absolute Gasteiger partial charge is 0.496 e. The number of aliphatic hydroxyl groups is 1. The Hall–Kier alpha value is -10.6. The van der Waals surface area contributed by atoms with Crippen molar-refractivity contribution in [3.05, 3.63) is 339 Å². The maximum absolute atomic E-state index is 11.3. The number of nitrogens with zero attached hydrogens (tertiary/aromatic N) is 9. The van der Waals surface area contributed by atoms with E-state index in [0.29, 0.717) is 42.3 Å². The summed E-state index contributed by atoms with van der Waals surface area (Å²) in [6.07, 6.45) is 2.34. The number of alkyl halides is 1. The number of ether oxygens (including phenoxy) is 1. The molecule has 4 atom stereocenters. The fraction of sp³-hybridized carbons (Fsp3) is 0.146. The summed E-state index contributed by atoms with van der Waals surface area (Å²) >= 11 is 27.5. The van der Waals surface area contributed by atoms with Gasteiger partial charge in [-0.15, -0.1) is 119 Å². The number of methoxy groups -OCH3 is 1. The van der Waals surface area contributed by atoms with Crippen LogP contribution in [0.25, 0.3) is 50.8 Å². The summed E-state index contributed by atoms with van der Waals surface area (Å²) in [6.45, 7) is -0.0520. The van der Waals surface area contributed by atoms with Crippen LogP contribution >= 0.6 is 159 Å². The van der Waals surface area contributed by atoms with Gasteiger partial charge in [-0.1, -0.05) is 133 Å². The number of thiazole rings is 5. The number of halogens is 2. The summed E-state index contributed by atoms with van der Waals surface area (Å²) in [6, 6.07) is 56.2. The first-order valence-electron chi connectivity index (χ1n) is 35.5. The number of aromatic nitrogens is 5. The van der Waals surface area contributed by atoms with Crippen LogP contribution in [-0.4, -0.2) is 78.2 Å². The number of aliphatic hydroxyl groups excluding tert-OH is 1. The molecular formula is C82H75Br2N15O11S11. The maximum Gasteiger partial charge on any atom is 0.269 e. The second-order valence-corrected chi connectivity index (χ2v) is 34.8. The minimum Gasteiger partial charge on any atom is -0.496 e. The fourth-order valence-electron chi connectivity index (χ4n) is 11.4. The molecule has 9 heterocycles. The number of nitro benzene ring substituents is 4. The Kier molecular flexibility index (Phi) is 36.6. The Morgan fingerprint density at radius 2 is 0.810 bits per heavy atom. The Balaban J connectivity index is 0.000000177. The standard InChI is InChI=1S/C25H20N4O3S3.2C16H14N4O2S3.C15H13N3O2S2.C9H9BrO2.CH4.BrH/c30-13-17-4-1-2-5-19(17)21-14-35-25(28-21)27-20(12-16-7-9-18(10-8-16)29(31)32)22-15-34-24(26-22)23-6-3-11-33-23;2*17-16(23)19-12(8-10-3-5-11(6-4-10)20(21)22)13-9-25-15(18-13)14-2-1-7-24-14;16-12(8-10-3-5-11(6-4-10)18(19)20)13-9-22-15(17-13)14-2-1-7-21-14;1-12-9-5-3-2-4-7(9)8(11)6-10;;/h1-11,14-15,20,30H,12-13H2,(H,27,28);2*1-7,9,12H,8H2,(H3,17,19,23);1-7,9,12H,8,16H2;2-5H,6H2,1H3;1H4;1H/t20-;3*12-;;;/m0000.../s1. The highest BCUT2D eigenvalue weighted by Crippen LogP contribution is 2.38. The highest BCUT2D eigenvalue weighted by atomic mass is 79.9. The van der Waals surface area contributed by atoms with E-state index in [1.54, 1.807) is 158 Å². The zero-order valence-electron chi connectivity index (χ0n) is 62.8. The molecule has 26 nitrogen and oxygen atoms in total. The van der Waals surface area contributed by atoms with E-state index >= 15 is 0 Å². The Bertz CT molecular complexity index is 5670. The number of para-hydroxylation sites is 1. The summed E-state index contributed by atoms with van der Waals surface area (Å²) in [7, 11) is 1.56. The first-order chi connectivity index (χ1) is 57.6. The zero-order valence-corrected chi connectivity index (χ0v) is 75.1. The lowest BCUT2D eigenvalue weighted by molar-refractivity contribution is -0.385. The monoisotopic (exact) mass is 1960 g/mol. The van der Waals surface area contributed by atoms with Crippen LogP contribution in [0.2, 0.25) is 0 Å². The van der Waals surface area contributed by atoms with E-state index in [0.717, 1.165) is 107 Å². The molecule has 15 aromatic rings. The lowest BCUT2D eigenvalue weighted by Gasteiger charge is -2.17. The van der Waals surface area contributed by atoms with Crippen molar-refractivity contribution in [2.75, 3.05) is 17.8 Å². The van der Waals surface area contributed by atoms with Gasteiger partial charge in [0.05, 0.1) is 116 Å². The van der Waals surface area contributed by atoms with E-state index in [1.807, 2.05) is 127 Å². The minimum absolute atomic E-state index is 0. The number of hydrogen-bond donors (Lipinski definition) is 7. The summed E-state index contributed by atoms with van der Waals surface area (Å²) in [5.41, 5.74) is 28.2. The van der Waals surface area contributed by atoms with Crippen molar-refractivity contribution >= 4 is 203 Å². The Morgan fingerprint density at radius 3 is 1.17 bits per heavy atom. The first kappa shape index (κ1) is 94.3. The number of benzene rings is 6. The maximum atomic E-state index is 11.3. The molecule has 0 aliphatic rings. The normalized spacial score (nSPS) is 11.5. The predicted octanol–water partition coefficient (Wildman–Crippen LogP) is 22.1. The molecular weight excluding hydrogens is 1880 g/mol. The van der Waals surface area contributed by atoms with E-state index in [9.17, 15) is 50.4 Å². The lowest BCUT2D eigenvalue weighted by Crippen LogP contribution is -2.34. The number of carbonyl (C=O) groups is 1. The highest BCUT2D eigenvalue weighted by Gasteiger charge is 2.24. The molecule has 0 bridgehead atoms. The first-order valence-corrected chi connectivity index (χ1v) is 45.4. The Labute approximate surface area is 760 Å². The topological polar surface area (TPSA) is 398 Å². The van der Waals surface area contributed by atoms with Crippen LogP contribution in [0.15, 0.2) is 243 Å². The molecule has 0 saturated heterocycles. The molecule has 121 heavy (non-hydrogen) atoms. The number of nitro groups is 4. The molecule has 0 spiro atoms. The van der Waals surface area contributed by atoms with Crippen LogP contribution in [0.3, 0.4) is 0 Å². The number of hydrogen-bond acceptors (Lipinski definition) is 29. The van der Waals surface area contributed by atoms with Crippen molar-refractivity contribution in [3.63, 3.8) is 0 Å². The summed E-state index contributed by atoms with van der Waals surface area (Å²) < 4.78 is 5.03. The van der Waals surface area contributed by atoms with Crippen molar-refractivity contribution in [3.8, 4) is 56.5 Å². The molecule has 9 aromatic heterocycles. The van der Waals surface area contributed by atoms with Crippen LogP contribution in [0.4, 0.5) is 27.9 Å². The van der Waals surface area contributed by atoms with Crippen molar-refractivity contribution in [1.29, 1.82) is 0 Å². The second kappa shape index (κ2) is 47.0. The highest BCUT2D eigenvalue weighted by molar-refractivity contribution is 9.09. The summed E-state index contributed by atoms with van der Waals surface area (Å²) in [4.78, 5) is 81.0. The van der Waals surface area contributed by atoms with Crippen molar-refractivity contribution < 1.29 is 34.3 Å². The van der Waals surface area contributed by atoms with Gasteiger partial charge in [0.1, 0.15) is 25.8 Å². The minimum atomic E-state index is -0.414. The molecule has 0 aliphatic heterocycles. The van der Waals surface area contributed by atoms with Gasteiger partial charge in [-0.05, 0) is 136 Å². The SMILES string of the molecule is Br.C.COc1ccccc1C(=O)CBr.NC(=S)N[C@@H](Cc1ccc([N+](=O)[O-])cc1)c1csc(-c2cccs2)n1.NC(=S)N[C@@H](Cc1ccc([N+](=O)[O-])cc1)c1csc(-c2cccs2)n1.N[C@@H](Cc1ccc([N+](=O)[O-])cc1)c1csc(-c2cccs2)n1.O=[N+]([O-])c1ccc(C[C@H](Nc2nc(-c3ccccc3CO)cs2)c2csc(-c3cccs3)n2)cc1. The Morgan fingerprint density at radius 1 is 0.463 bits per heavy atom. The molecule has 0 fully saturated rings. The number of rotatable bonds is 29. The number of nitrogens with one attached hydrogen (secondary N) is 3. The quantitative estimate of drug-likeness (QED) is 0.00752. The van der Waals surface area contributed by atoms with E-state index < -0.39 is 19.7 Å². The lowest BCUT2D eigenvalue weighted by atomic mass is 10.0. The van der Waals surface area contributed by atoms with Crippen molar-refractivity contribution in [1.82, 2.24) is 35.6 Å².